The van der Waals surface area contributed by atoms with E-state index in [-0.39, 0.29) is 16.8 Å². The summed E-state index contributed by atoms with van der Waals surface area (Å²) in [6.45, 7) is -1.09. The molecule has 0 saturated heterocycles. The molecule has 30 heavy (non-hydrogen) atoms. The van der Waals surface area contributed by atoms with Gasteiger partial charge in [0.25, 0.3) is 5.95 Å². The second-order valence-corrected chi connectivity index (χ2v) is 6.65. The summed E-state index contributed by atoms with van der Waals surface area (Å²) in [5, 5.41) is 4.83. The summed E-state index contributed by atoms with van der Waals surface area (Å²) < 4.78 is 31.4. The van der Waals surface area contributed by atoms with Crippen LogP contribution in [0.5, 0.6) is 5.75 Å². The van der Waals surface area contributed by atoms with Crippen molar-refractivity contribution in [2.24, 2.45) is 0 Å². The molecule has 0 N–H and O–H groups in total. The quantitative estimate of drug-likeness (QED) is 0.457. The number of benzene rings is 1. The van der Waals surface area contributed by atoms with Crippen LogP contribution in [0.3, 0.4) is 0 Å². The van der Waals surface area contributed by atoms with Crippen molar-refractivity contribution in [1.82, 2.24) is 34.7 Å². The maximum absolute atomic E-state index is 12.7. The average molecular weight is 433 g/mol. The number of fused-ring (bicyclic) bond motifs is 1. The predicted molar refractivity (Wildman–Crippen MR) is 105 cm³/mol. The van der Waals surface area contributed by atoms with E-state index in [1.165, 1.54) is 29.5 Å². The van der Waals surface area contributed by atoms with Crippen LogP contribution in [-0.4, -0.2) is 48.4 Å². The highest BCUT2D eigenvalue weighted by Crippen LogP contribution is 2.35. The van der Waals surface area contributed by atoms with Gasteiger partial charge in [0, 0.05) is 30.9 Å². The molecule has 0 spiro atoms. The van der Waals surface area contributed by atoms with Gasteiger partial charge in [-0.1, -0.05) is 11.6 Å². The molecular formula is C18H15ClF2N8O. The van der Waals surface area contributed by atoms with E-state index in [1.807, 2.05) is 6.92 Å². The zero-order valence-electron chi connectivity index (χ0n) is 15.8. The number of nitrogens with zero attached hydrogens (tertiary/aromatic N) is 8. The molecule has 9 nitrogen and oxygen atoms in total. The number of halogens is 3. The number of hydrogen-bond acceptors (Lipinski definition) is 8. The molecule has 0 aliphatic carbocycles. The van der Waals surface area contributed by atoms with Crippen molar-refractivity contribution < 1.29 is 13.5 Å². The Morgan fingerprint density at radius 2 is 1.83 bits per heavy atom. The Kier molecular flexibility index (Phi) is 5.36. The monoisotopic (exact) mass is 432 g/mol. The van der Waals surface area contributed by atoms with Crippen LogP contribution < -0.4 is 9.64 Å². The molecule has 154 valence electrons. The van der Waals surface area contributed by atoms with Crippen LogP contribution in [0, 0.1) is 0 Å². The molecule has 1 aromatic carbocycles. The lowest BCUT2D eigenvalue weighted by Crippen LogP contribution is -2.26. The van der Waals surface area contributed by atoms with Crippen LogP contribution in [-0.2, 0) is 0 Å². The molecule has 0 aliphatic rings. The molecule has 4 aromatic rings. The van der Waals surface area contributed by atoms with Crippen molar-refractivity contribution in [1.29, 1.82) is 0 Å². The van der Waals surface area contributed by atoms with Crippen LogP contribution in [0.25, 0.3) is 16.9 Å². The predicted octanol–water partition coefficient (Wildman–Crippen LogP) is 3.45. The Balaban J connectivity index is 1.76. The SMILES string of the molecule is C[C@@H](c1ncnn1-c1ncccn1)N(C)c1ncnc2c(Cl)cc(OC(F)F)cc12. The molecule has 0 radical (unpaired) electrons. The van der Waals surface area contributed by atoms with E-state index in [1.54, 1.807) is 30.4 Å². The van der Waals surface area contributed by atoms with Crippen molar-refractivity contribution in [3.8, 4) is 11.7 Å². The Bertz CT molecular complexity index is 1170. The first-order valence-corrected chi connectivity index (χ1v) is 9.12. The Hall–Kier alpha value is -3.47. The zero-order valence-corrected chi connectivity index (χ0v) is 16.6. The first-order valence-electron chi connectivity index (χ1n) is 8.75. The van der Waals surface area contributed by atoms with Crippen LogP contribution in [0.15, 0.2) is 43.2 Å². The largest absolute Gasteiger partial charge is 0.435 e. The summed E-state index contributed by atoms with van der Waals surface area (Å²) >= 11 is 6.23. The molecule has 0 aliphatic heterocycles. The lowest BCUT2D eigenvalue weighted by molar-refractivity contribution is -0.0497. The van der Waals surface area contributed by atoms with Gasteiger partial charge in [-0.25, -0.2) is 24.9 Å². The summed E-state index contributed by atoms with van der Waals surface area (Å²) in [5.41, 5.74) is 0.412. The van der Waals surface area contributed by atoms with Crippen LogP contribution in [0.1, 0.15) is 18.8 Å². The van der Waals surface area contributed by atoms with Gasteiger partial charge in [-0.05, 0) is 19.1 Å². The number of hydrogen-bond donors (Lipinski definition) is 0. The molecule has 0 saturated carbocycles. The summed E-state index contributed by atoms with van der Waals surface area (Å²) in [5.74, 6) is 1.30. The molecule has 0 bridgehead atoms. The normalized spacial score (nSPS) is 12.3. The minimum atomic E-state index is -2.98. The first kappa shape index (κ1) is 19.8. The zero-order chi connectivity index (χ0) is 21.3. The van der Waals surface area contributed by atoms with E-state index in [2.05, 4.69) is 34.8 Å². The van der Waals surface area contributed by atoms with E-state index in [9.17, 15) is 8.78 Å². The summed E-state index contributed by atoms with van der Waals surface area (Å²) in [6, 6.07) is 4.08. The standard InChI is InChI=1S/C18H15ClF2N8O/c1-10(15-26-9-27-29(15)18-22-4-3-5-23-18)28(2)16-12-6-11(30-17(20)21)7-13(19)14(12)24-8-25-16/h3-10,17H,1-2H3/t10-/m0/s1. The number of anilines is 1. The summed E-state index contributed by atoms with van der Waals surface area (Å²) in [6.07, 6.45) is 5.96. The lowest BCUT2D eigenvalue weighted by Gasteiger charge is -2.26. The highest BCUT2D eigenvalue weighted by Gasteiger charge is 2.23. The average Bonchev–Trinajstić information content (AvgIpc) is 3.22. The highest BCUT2D eigenvalue weighted by molar-refractivity contribution is 6.35. The second kappa shape index (κ2) is 8.11. The van der Waals surface area contributed by atoms with Crippen LogP contribution in [0.4, 0.5) is 14.6 Å². The maximum atomic E-state index is 12.7. The number of alkyl halides is 2. The topological polar surface area (TPSA) is 94.7 Å². The van der Waals surface area contributed by atoms with Gasteiger partial charge in [-0.3, -0.25) is 0 Å². The maximum Gasteiger partial charge on any atom is 0.387 e. The molecule has 1 atom stereocenters. The van der Waals surface area contributed by atoms with E-state index in [4.69, 9.17) is 11.6 Å². The van der Waals surface area contributed by atoms with Gasteiger partial charge in [0.15, 0.2) is 5.82 Å². The minimum absolute atomic E-state index is 0.0829. The van der Waals surface area contributed by atoms with Crippen LogP contribution in [0.2, 0.25) is 5.02 Å². The van der Waals surface area contributed by atoms with E-state index < -0.39 is 6.61 Å². The van der Waals surface area contributed by atoms with Gasteiger partial charge >= 0.3 is 6.61 Å². The third-order valence-corrected chi connectivity index (χ3v) is 4.76. The van der Waals surface area contributed by atoms with Crippen molar-refractivity contribution in [2.75, 3.05) is 11.9 Å². The fourth-order valence-corrected chi connectivity index (χ4v) is 3.24. The van der Waals surface area contributed by atoms with E-state index in [0.717, 1.165) is 0 Å². The molecular weight excluding hydrogens is 418 g/mol. The third kappa shape index (κ3) is 3.71. The van der Waals surface area contributed by atoms with Gasteiger partial charge in [-0.2, -0.15) is 18.6 Å². The minimum Gasteiger partial charge on any atom is -0.435 e. The van der Waals surface area contributed by atoms with E-state index >= 15 is 0 Å². The molecule has 0 fully saturated rings. The van der Waals surface area contributed by atoms with Crippen molar-refractivity contribution in [3.05, 3.63) is 54.1 Å². The van der Waals surface area contributed by atoms with Gasteiger partial charge in [0.05, 0.1) is 16.6 Å². The number of ether oxygens (including phenoxy) is 1. The van der Waals surface area contributed by atoms with Crippen molar-refractivity contribution in [2.45, 2.75) is 19.6 Å². The highest BCUT2D eigenvalue weighted by atomic mass is 35.5. The molecule has 0 amide bonds. The van der Waals surface area contributed by atoms with Gasteiger partial charge in [-0.15, -0.1) is 0 Å². The van der Waals surface area contributed by atoms with Crippen LogP contribution >= 0.6 is 11.6 Å². The fourth-order valence-electron chi connectivity index (χ4n) is 2.99. The van der Waals surface area contributed by atoms with Crippen molar-refractivity contribution >= 4 is 28.3 Å². The Morgan fingerprint density at radius 1 is 1.07 bits per heavy atom. The smallest absolute Gasteiger partial charge is 0.387 e. The molecule has 3 heterocycles. The Labute approximate surface area is 174 Å². The van der Waals surface area contributed by atoms with Gasteiger partial charge in [0.1, 0.15) is 24.2 Å². The number of aromatic nitrogens is 7. The van der Waals surface area contributed by atoms with Gasteiger partial charge in [0.2, 0.25) is 0 Å². The molecule has 3 aromatic heterocycles. The first-order chi connectivity index (χ1) is 14.5. The van der Waals surface area contributed by atoms with E-state index in [0.29, 0.717) is 28.5 Å². The van der Waals surface area contributed by atoms with Crippen molar-refractivity contribution in [3.63, 3.8) is 0 Å². The number of rotatable bonds is 6. The third-order valence-electron chi connectivity index (χ3n) is 4.47. The second-order valence-electron chi connectivity index (χ2n) is 6.24. The summed E-state index contributed by atoms with van der Waals surface area (Å²) in [7, 11) is 1.78. The fraction of sp³-hybridized carbons (Fsp3) is 0.222. The van der Waals surface area contributed by atoms with Gasteiger partial charge < -0.3 is 9.64 Å². The summed E-state index contributed by atoms with van der Waals surface area (Å²) in [4.78, 5) is 23.0. The molecule has 12 heteroatoms. The Morgan fingerprint density at radius 3 is 2.57 bits per heavy atom. The lowest BCUT2D eigenvalue weighted by atomic mass is 10.2. The molecule has 4 rings (SSSR count). The molecule has 0 unspecified atom stereocenters.